The van der Waals surface area contributed by atoms with Crippen molar-refractivity contribution < 1.29 is 0 Å². The van der Waals surface area contributed by atoms with E-state index in [4.69, 9.17) is 11.0 Å². The first-order chi connectivity index (χ1) is 10.2. The van der Waals surface area contributed by atoms with E-state index in [9.17, 15) is 0 Å². The third-order valence-electron chi connectivity index (χ3n) is 3.37. The normalized spacial score (nSPS) is 9.95. The molecule has 0 saturated carbocycles. The molecule has 108 valence electrons. The van der Waals surface area contributed by atoms with Crippen molar-refractivity contribution in [3.05, 3.63) is 42.1 Å². The van der Waals surface area contributed by atoms with Gasteiger partial charge in [0.1, 0.15) is 6.07 Å². The third-order valence-corrected chi connectivity index (χ3v) is 3.37. The molecule has 0 amide bonds. The van der Waals surface area contributed by atoms with Gasteiger partial charge in [0.25, 0.3) is 0 Å². The van der Waals surface area contributed by atoms with Gasteiger partial charge in [0.2, 0.25) is 0 Å². The van der Waals surface area contributed by atoms with Crippen LogP contribution in [0.1, 0.15) is 19.4 Å². The summed E-state index contributed by atoms with van der Waals surface area (Å²) in [6.45, 7) is 6.21. The Bertz CT molecular complexity index is 639. The van der Waals surface area contributed by atoms with Crippen molar-refractivity contribution in [2.45, 2.75) is 13.8 Å². The summed E-state index contributed by atoms with van der Waals surface area (Å²) in [4.78, 5) is 6.44. The lowest BCUT2D eigenvalue weighted by Gasteiger charge is -2.21. The first-order valence-electron chi connectivity index (χ1n) is 6.96. The molecule has 1 aromatic heterocycles. The van der Waals surface area contributed by atoms with Gasteiger partial charge in [0.05, 0.1) is 11.3 Å². The van der Waals surface area contributed by atoms with Crippen molar-refractivity contribution in [1.82, 2.24) is 4.98 Å². The van der Waals surface area contributed by atoms with Gasteiger partial charge in [-0.3, -0.25) is 0 Å². The number of aromatic nitrogens is 1. The van der Waals surface area contributed by atoms with Gasteiger partial charge in [-0.1, -0.05) is 0 Å². The predicted octanol–water partition coefficient (Wildman–Crippen LogP) is 3.13. The number of nitrogens with two attached hydrogens (primary N) is 1. The largest absolute Gasteiger partial charge is 0.395 e. The molecule has 5 nitrogen and oxygen atoms in total. The van der Waals surface area contributed by atoms with E-state index < -0.39 is 0 Å². The molecule has 1 heterocycles. The molecule has 2 aromatic rings. The number of nitrogens with one attached hydrogen (secondary N) is 1. The zero-order valence-electron chi connectivity index (χ0n) is 12.3. The van der Waals surface area contributed by atoms with Crippen LogP contribution in [0, 0.1) is 11.3 Å². The van der Waals surface area contributed by atoms with E-state index in [1.807, 2.05) is 18.2 Å². The highest BCUT2D eigenvalue weighted by Crippen LogP contribution is 2.25. The van der Waals surface area contributed by atoms with Crippen LogP contribution in [-0.2, 0) is 0 Å². The van der Waals surface area contributed by atoms with Crippen LogP contribution in [0.3, 0.4) is 0 Å². The Morgan fingerprint density at radius 1 is 1.19 bits per heavy atom. The number of rotatable bonds is 5. The quantitative estimate of drug-likeness (QED) is 0.880. The van der Waals surface area contributed by atoms with Crippen molar-refractivity contribution >= 4 is 22.9 Å². The minimum atomic E-state index is 0.368. The number of nitrogens with zero attached hydrogens (tertiary/aromatic N) is 3. The maximum absolute atomic E-state index is 8.97. The van der Waals surface area contributed by atoms with E-state index in [1.54, 1.807) is 12.3 Å². The molecule has 0 saturated heterocycles. The van der Waals surface area contributed by atoms with Crippen molar-refractivity contribution in [3.8, 4) is 6.07 Å². The molecule has 0 bridgehead atoms. The molecule has 0 spiro atoms. The fourth-order valence-electron chi connectivity index (χ4n) is 2.15. The fourth-order valence-corrected chi connectivity index (χ4v) is 2.15. The van der Waals surface area contributed by atoms with Gasteiger partial charge >= 0.3 is 0 Å². The summed E-state index contributed by atoms with van der Waals surface area (Å²) >= 11 is 0. The van der Waals surface area contributed by atoms with Crippen LogP contribution in [0.25, 0.3) is 0 Å². The number of benzene rings is 1. The lowest BCUT2D eigenvalue weighted by atomic mass is 10.2. The second kappa shape index (κ2) is 6.62. The third kappa shape index (κ3) is 3.23. The number of hydrogen-bond donors (Lipinski definition) is 2. The van der Waals surface area contributed by atoms with Crippen LogP contribution in [0.5, 0.6) is 0 Å². The summed E-state index contributed by atoms with van der Waals surface area (Å²) in [7, 11) is 0. The van der Waals surface area contributed by atoms with Gasteiger partial charge in [0.15, 0.2) is 5.82 Å². The zero-order chi connectivity index (χ0) is 15.2. The van der Waals surface area contributed by atoms with Crippen molar-refractivity contribution in [1.29, 1.82) is 5.26 Å². The van der Waals surface area contributed by atoms with Gasteiger partial charge in [-0.2, -0.15) is 5.26 Å². The summed E-state index contributed by atoms with van der Waals surface area (Å²) in [5, 5.41) is 12.1. The van der Waals surface area contributed by atoms with Gasteiger partial charge in [0, 0.05) is 30.7 Å². The van der Waals surface area contributed by atoms with Crippen molar-refractivity contribution in [2.75, 3.05) is 29.0 Å². The molecule has 0 aliphatic heterocycles. The maximum Gasteiger partial charge on any atom is 0.154 e. The Hall–Kier alpha value is -2.74. The molecule has 0 aliphatic carbocycles. The van der Waals surface area contributed by atoms with E-state index in [-0.39, 0.29) is 0 Å². The summed E-state index contributed by atoms with van der Waals surface area (Å²) in [5.74, 6) is 0.504. The van der Waals surface area contributed by atoms with E-state index in [1.165, 1.54) is 5.69 Å². The standard InChI is InChI=1S/C16H19N5/c1-3-21(4-2)14-7-5-13(6-8-14)20-16-15(18)12(11-17)9-10-19-16/h5-10H,3-4,18H2,1-2H3,(H,19,20). The van der Waals surface area contributed by atoms with E-state index in [0.717, 1.165) is 18.8 Å². The number of anilines is 4. The molecular weight excluding hydrogens is 262 g/mol. The van der Waals surface area contributed by atoms with E-state index >= 15 is 0 Å². The monoisotopic (exact) mass is 281 g/mol. The molecule has 5 heteroatoms. The van der Waals surface area contributed by atoms with Crippen molar-refractivity contribution in [3.63, 3.8) is 0 Å². The molecule has 3 N–H and O–H groups in total. The first-order valence-corrected chi connectivity index (χ1v) is 6.96. The Kier molecular flexibility index (Phi) is 4.62. The fraction of sp³-hybridized carbons (Fsp3) is 0.250. The zero-order valence-corrected chi connectivity index (χ0v) is 12.3. The Labute approximate surface area is 125 Å². The molecule has 0 fully saturated rings. The van der Waals surface area contributed by atoms with E-state index in [0.29, 0.717) is 17.1 Å². The van der Waals surface area contributed by atoms with Gasteiger partial charge in [-0.25, -0.2) is 4.98 Å². The highest BCUT2D eigenvalue weighted by atomic mass is 15.1. The first kappa shape index (κ1) is 14.7. The van der Waals surface area contributed by atoms with Gasteiger partial charge in [-0.05, 0) is 44.2 Å². The Balaban J connectivity index is 2.20. The molecule has 0 atom stereocenters. The average molecular weight is 281 g/mol. The predicted molar refractivity (Wildman–Crippen MR) is 86.7 cm³/mol. The van der Waals surface area contributed by atoms with Crippen LogP contribution < -0.4 is 16.0 Å². The Morgan fingerprint density at radius 2 is 1.86 bits per heavy atom. The maximum atomic E-state index is 8.97. The second-order valence-corrected chi connectivity index (χ2v) is 4.58. The Morgan fingerprint density at radius 3 is 2.43 bits per heavy atom. The molecule has 21 heavy (non-hydrogen) atoms. The SMILES string of the molecule is CCN(CC)c1ccc(Nc2nccc(C#N)c2N)cc1. The number of pyridine rings is 1. The minimum Gasteiger partial charge on any atom is -0.395 e. The van der Waals surface area contributed by atoms with Gasteiger partial charge in [-0.15, -0.1) is 0 Å². The van der Waals surface area contributed by atoms with E-state index in [2.05, 4.69) is 41.2 Å². The molecule has 0 unspecified atom stereocenters. The summed E-state index contributed by atoms with van der Waals surface area (Å²) in [6.07, 6.45) is 1.57. The molecule has 1 aromatic carbocycles. The van der Waals surface area contributed by atoms with Crippen LogP contribution in [0.4, 0.5) is 22.9 Å². The van der Waals surface area contributed by atoms with Gasteiger partial charge < -0.3 is 16.0 Å². The summed E-state index contributed by atoms with van der Waals surface area (Å²) in [5.41, 5.74) is 8.77. The lowest BCUT2D eigenvalue weighted by Crippen LogP contribution is -2.21. The van der Waals surface area contributed by atoms with Crippen LogP contribution in [-0.4, -0.2) is 18.1 Å². The number of hydrogen-bond acceptors (Lipinski definition) is 5. The summed E-state index contributed by atoms with van der Waals surface area (Å²) < 4.78 is 0. The van der Waals surface area contributed by atoms with Crippen molar-refractivity contribution in [2.24, 2.45) is 0 Å². The molecule has 0 radical (unpaired) electrons. The minimum absolute atomic E-state index is 0.368. The highest BCUT2D eigenvalue weighted by molar-refractivity contribution is 5.74. The number of nitriles is 1. The number of nitrogen functional groups attached to an aromatic ring is 1. The highest BCUT2D eigenvalue weighted by Gasteiger charge is 2.07. The molecule has 2 rings (SSSR count). The van der Waals surface area contributed by atoms with Crippen LogP contribution in [0.15, 0.2) is 36.5 Å². The lowest BCUT2D eigenvalue weighted by molar-refractivity contribution is 0.866. The molecular formula is C16H19N5. The summed E-state index contributed by atoms with van der Waals surface area (Å²) in [6, 6.07) is 11.7. The topological polar surface area (TPSA) is 78.0 Å². The molecule has 0 aliphatic rings. The average Bonchev–Trinajstić information content (AvgIpc) is 2.52. The second-order valence-electron chi connectivity index (χ2n) is 4.58. The van der Waals surface area contributed by atoms with Crippen LogP contribution in [0.2, 0.25) is 0 Å². The smallest absolute Gasteiger partial charge is 0.154 e. The van der Waals surface area contributed by atoms with Crippen LogP contribution >= 0.6 is 0 Å².